The number of ether oxygens (including phenoxy) is 1. The van der Waals surface area contributed by atoms with Gasteiger partial charge in [0.25, 0.3) is 0 Å². The second-order valence-corrected chi connectivity index (χ2v) is 8.81. The summed E-state index contributed by atoms with van der Waals surface area (Å²) in [7, 11) is 0. The van der Waals surface area contributed by atoms with E-state index in [1.54, 1.807) is 11.8 Å². The molecular weight excluding hydrogens is 390 g/mol. The molecule has 0 aromatic heterocycles. The molecule has 4 heteroatoms. The fraction of sp³-hybridized carbons (Fsp3) is 0.269. The Bertz CT molecular complexity index is 886. The van der Waals surface area contributed by atoms with Gasteiger partial charge >= 0.3 is 5.97 Å². The zero-order valence-corrected chi connectivity index (χ0v) is 17.9. The Morgan fingerprint density at radius 3 is 1.87 bits per heavy atom. The average molecular weight is 419 g/mol. The highest BCUT2D eigenvalue weighted by atomic mass is 32.2. The Hall–Kier alpha value is -2.56. The third-order valence-electron chi connectivity index (χ3n) is 5.69. The van der Waals surface area contributed by atoms with Crippen molar-refractivity contribution in [1.82, 2.24) is 0 Å². The summed E-state index contributed by atoms with van der Waals surface area (Å²) in [5, 5.41) is 2.40. The predicted molar refractivity (Wildman–Crippen MR) is 122 cm³/mol. The van der Waals surface area contributed by atoms with Crippen LogP contribution in [-0.4, -0.2) is 24.8 Å². The summed E-state index contributed by atoms with van der Waals surface area (Å²) in [5.74, 6) is 0.190. The lowest BCUT2D eigenvalue weighted by atomic mass is 9.85. The van der Waals surface area contributed by atoms with Gasteiger partial charge in [0.1, 0.15) is 5.60 Å². The molecule has 0 amide bonds. The maximum Gasteiger partial charge on any atom is 0.316 e. The first kappa shape index (κ1) is 20.7. The molecule has 1 saturated heterocycles. The van der Waals surface area contributed by atoms with Crippen molar-refractivity contribution in [3.63, 3.8) is 0 Å². The van der Waals surface area contributed by atoms with E-state index in [4.69, 9.17) is 4.74 Å². The smallest absolute Gasteiger partial charge is 0.316 e. The molecule has 0 atom stereocenters. The summed E-state index contributed by atoms with van der Waals surface area (Å²) >= 11 is 1.64. The molecule has 0 aliphatic carbocycles. The van der Waals surface area contributed by atoms with E-state index >= 15 is 0 Å². The van der Waals surface area contributed by atoms with Crippen LogP contribution in [0.1, 0.15) is 34.8 Å². The molecule has 1 aliphatic rings. The highest BCUT2D eigenvalue weighted by molar-refractivity contribution is 8.00. The number of benzene rings is 3. The zero-order valence-electron chi connectivity index (χ0n) is 17.1. The van der Waals surface area contributed by atoms with Crippen LogP contribution in [0.2, 0.25) is 0 Å². The fourth-order valence-corrected chi connectivity index (χ4v) is 5.23. The Morgan fingerprint density at radius 2 is 1.33 bits per heavy atom. The molecule has 30 heavy (non-hydrogen) atoms. The van der Waals surface area contributed by atoms with E-state index in [1.165, 1.54) is 11.1 Å². The quantitative estimate of drug-likeness (QED) is 0.582. The van der Waals surface area contributed by atoms with E-state index in [9.17, 15) is 4.79 Å². The summed E-state index contributed by atoms with van der Waals surface area (Å²) in [6.07, 6.45) is 1.71. The van der Waals surface area contributed by atoms with Gasteiger partial charge in [-0.15, -0.1) is 11.8 Å². The number of nitrogens with two attached hydrogens (primary N) is 1. The van der Waals surface area contributed by atoms with Crippen molar-refractivity contribution in [3.05, 3.63) is 108 Å². The van der Waals surface area contributed by atoms with Gasteiger partial charge in [0, 0.05) is 12.8 Å². The summed E-state index contributed by atoms with van der Waals surface area (Å²) in [5.41, 5.74) is 3.01. The average Bonchev–Trinajstić information content (AvgIpc) is 2.82. The predicted octanol–water partition coefficient (Wildman–Crippen LogP) is 4.31. The Labute approximate surface area is 182 Å². The summed E-state index contributed by atoms with van der Waals surface area (Å²) in [4.78, 5) is 13.0. The number of thioether (sulfide) groups is 1. The van der Waals surface area contributed by atoms with Crippen molar-refractivity contribution in [3.8, 4) is 0 Å². The second kappa shape index (κ2) is 9.96. The normalized spacial score (nSPS) is 15.6. The van der Waals surface area contributed by atoms with E-state index < -0.39 is 5.60 Å². The van der Waals surface area contributed by atoms with Crippen LogP contribution in [0.4, 0.5) is 0 Å². The number of carbonyl (C=O) groups excluding carboxylic acids is 1. The molecule has 3 nitrogen and oxygen atoms in total. The molecule has 0 saturated carbocycles. The molecule has 0 spiro atoms. The maximum atomic E-state index is 13.0. The number of esters is 1. The molecule has 0 bridgehead atoms. The number of piperidine rings is 1. The summed E-state index contributed by atoms with van der Waals surface area (Å²) in [6.45, 7) is 1.96. The lowest BCUT2D eigenvalue weighted by Crippen LogP contribution is -2.87. The second-order valence-electron chi connectivity index (χ2n) is 7.71. The molecule has 1 fully saturated rings. The first-order valence-corrected chi connectivity index (χ1v) is 11.6. The van der Waals surface area contributed by atoms with Crippen molar-refractivity contribution in [2.45, 2.75) is 23.7 Å². The first-order chi connectivity index (χ1) is 14.8. The van der Waals surface area contributed by atoms with Gasteiger partial charge in [-0.2, -0.15) is 0 Å². The molecule has 154 valence electrons. The van der Waals surface area contributed by atoms with Crippen LogP contribution in [0.3, 0.4) is 0 Å². The highest BCUT2D eigenvalue weighted by Crippen LogP contribution is 2.37. The van der Waals surface area contributed by atoms with Gasteiger partial charge in [-0.05, 0) is 16.7 Å². The first-order valence-electron chi connectivity index (χ1n) is 10.6. The van der Waals surface area contributed by atoms with Gasteiger partial charge in [-0.25, -0.2) is 0 Å². The maximum absolute atomic E-state index is 13.0. The number of carbonyl (C=O) groups is 1. The summed E-state index contributed by atoms with van der Waals surface area (Å²) < 4.78 is 6.21. The van der Waals surface area contributed by atoms with Crippen molar-refractivity contribution >= 4 is 17.7 Å². The van der Waals surface area contributed by atoms with Crippen molar-refractivity contribution in [2.75, 3.05) is 18.8 Å². The van der Waals surface area contributed by atoms with Crippen LogP contribution in [-0.2, 0) is 15.1 Å². The van der Waals surface area contributed by atoms with Gasteiger partial charge in [0.15, 0.2) is 0 Å². The fourth-order valence-electron chi connectivity index (χ4n) is 4.17. The Morgan fingerprint density at radius 1 is 0.833 bits per heavy atom. The third kappa shape index (κ3) is 4.94. The monoisotopic (exact) mass is 418 g/mol. The van der Waals surface area contributed by atoms with Gasteiger partial charge in [-0.3, -0.25) is 4.79 Å². The van der Waals surface area contributed by atoms with Gasteiger partial charge < -0.3 is 10.1 Å². The van der Waals surface area contributed by atoms with Crippen molar-refractivity contribution < 1.29 is 14.8 Å². The minimum atomic E-state index is -0.497. The van der Waals surface area contributed by atoms with Crippen LogP contribution in [0, 0.1) is 0 Å². The van der Waals surface area contributed by atoms with Gasteiger partial charge in [0.2, 0.25) is 0 Å². The van der Waals surface area contributed by atoms with Crippen LogP contribution >= 0.6 is 11.8 Å². The number of hydrogen-bond acceptors (Lipinski definition) is 3. The molecule has 2 N–H and O–H groups in total. The molecule has 4 rings (SSSR count). The van der Waals surface area contributed by atoms with Gasteiger partial charge in [-0.1, -0.05) is 91.0 Å². The third-order valence-corrected chi connectivity index (χ3v) is 6.97. The lowest BCUT2D eigenvalue weighted by Gasteiger charge is -2.36. The number of hydrogen-bond donors (Lipinski definition) is 1. The standard InChI is InChI=1S/C26H27NO2S/c28-24(29-26(16-18-27-19-17-26)23-14-8-3-9-15-23)20-30-25(21-10-4-1-5-11-21)22-12-6-2-7-13-22/h1-15,25,27H,16-20H2/p+1. The van der Waals surface area contributed by atoms with Crippen LogP contribution in [0.5, 0.6) is 0 Å². The lowest BCUT2D eigenvalue weighted by molar-refractivity contribution is -0.668. The largest absolute Gasteiger partial charge is 0.453 e. The van der Waals surface area contributed by atoms with E-state index in [-0.39, 0.29) is 11.2 Å². The highest BCUT2D eigenvalue weighted by Gasteiger charge is 2.39. The van der Waals surface area contributed by atoms with Crippen LogP contribution < -0.4 is 5.32 Å². The minimum absolute atomic E-state index is 0.104. The summed E-state index contributed by atoms with van der Waals surface area (Å²) in [6, 6.07) is 31.0. The zero-order chi connectivity index (χ0) is 20.7. The Kier molecular flexibility index (Phi) is 6.88. The number of rotatable bonds is 7. The SMILES string of the molecule is O=C(CSC(c1ccccc1)c1ccccc1)OC1(c2ccccc2)CC[NH2+]CC1. The molecule has 3 aromatic carbocycles. The molecule has 1 heterocycles. The van der Waals surface area contributed by atoms with Crippen LogP contribution in [0.25, 0.3) is 0 Å². The van der Waals surface area contributed by atoms with Crippen molar-refractivity contribution in [2.24, 2.45) is 0 Å². The van der Waals surface area contributed by atoms with E-state index in [0.29, 0.717) is 5.75 Å². The number of quaternary nitrogens is 1. The minimum Gasteiger partial charge on any atom is -0.453 e. The topological polar surface area (TPSA) is 42.9 Å². The van der Waals surface area contributed by atoms with Gasteiger partial charge in [0.05, 0.1) is 24.1 Å². The van der Waals surface area contributed by atoms with E-state index in [1.807, 2.05) is 54.6 Å². The molecule has 0 unspecified atom stereocenters. The molecule has 1 aliphatic heterocycles. The van der Waals surface area contributed by atoms with E-state index in [2.05, 4.69) is 41.7 Å². The molecule has 0 radical (unpaired) electrons. The molecule has 3 aromatic rings. The van der Waals surface area contributed by atoms with Crippen LogP contribution in [0.15, 0.2) is 91.0 Å². The van der Waals surface area contributed by atoms with E-state index in [0.717, 1.165) is 31.5 Å². The molecular formula is C26H28NO2S+. The van der Waals surface area contributed by atoms with Crippen molar-refractivity contribution in [1.29, 1.82) is 0 Å². The Balaban J connectivity index is 1.49.